The molecule has 8 nitrogen and oxygen atoms in total. The molecular formula is C19H24N2O6P2. The van der Waals surface area contributed by atoms with E-state index in [-0.39, 0.29) is 26.4 Å². The van der Waals surface area contributed by atoms with Crippen LogP contribution in [-0.4, -0.2) is 40.5 Å². The molecule has 0 aromatic heterocycles. The van der Waals surface area contributed by atoms with Gasteiger partial charge in [0.15, 0.2) is 0 Å². The molecule has 2 heterocycles. The van der Waals surface area contributed by atoms with Gasteiger partial charge in [0, 0.05) is 25.5 Å². The predicted octanol–water partition coefficient (Wildman–Crippen LogP) is 4.56. The zero-order valence-corrected chi connectivity index (χ0v) is 18.1. The summed E-state index contributed by atoms with van der Waals surface area (Å²) < 4.78 is 52.0. The smallest absolute Gasteiger partial charge is 0.291 e. The van der Waals surface area contributed by atoms with Crippen LogP contribution < -0.4 is 9.34 Å². The molecule has 1 spiro atoms. The maximum atomic E-state index is 13.1. The van der Waals surface area contributed by atoms with Gasteiger partial charge in [-0.1, -0.05) is 36.4 Å². The lowest BCUT2D eigenvalue weighted by Gasteiger charge is -2.45. The van der Waals surface area contributed by atoms with Gasteiger partial charge in [-0.05, 0) is 24.3 Å². The maximum Gasteiger partial charge on any atom is 0.435 e. The molecule has 0 saturated carbocycles. The van der Waals surface area contributed by atoms with E-state index in [1.54, 1.807) is 14.1 Å². The van der Waals surface area contributed by atoms with E-state index in [4.69, 9.17) is 18.1 Å². The number of rotatable bonds is 4. The summed E-state index contributed by atoms with van der Waals surface area (Å²) in [7, 11) is -3.61. The van der Waals surface area contributed by atoms with Gasteiger partial charge < -0.3 is 0 Å². The van der Waals surface area contributed by atoms with Crippen molar-refractivity contribution in [3.63, 3.8) is 0 Å². The lowest BCUT2D eigenvalue weighted by Crippen LogP contribution is -2.47. The number of para-hydroxylation sites is 2. The Hall–Kier alpha value is -1.66. The molecule has 0 radical (unpaired) electrons. The molecule has 2 aromatic carbocycles. The molecule has 0 atom stereocenters. The molecule has 2 aliphatic heterocycles. The molecule has 2 aromatic rings. The van der Waals surface area contributed by atoms with Crippen molar-refractivity contribution < 1.29 is 27.2 Å². The second-order valence-corrected chi connectivity index (χ2v) is 11.4. The first-order valence-electron chi connectivity index (χ1n) is 9.23. The van der Waals surface area contributed by atoms with Gasteiger partial charge in [0.1, 0.15) is 0 Å². The first-order valence-corrected chi connectivity index (χ1v) is 12.2. The Balaban J connectivity index is 1.40. The second kappa shape index (κ2) is 7.88. The molecule has 2 fully saturated rings. The molecular weight excluding hydrogens is 414 g/mol. The molecule has 29 heavy (non-hydrogen) atoms. The molecule has 2 aliphatic rings. The summed E-state index contributed by atoms with van der Waals surface area (Å²) in [5, 5.41) is 0. The Labute approximate surface area is 170 Å². The average molecular weight is 438 g/mol. The fraction of sp³-hybridized carbons (Fsp3) is 0.368. The van der Waals surface area contributed by atoms with Crippen molar-refractivity contribution in [3.8, 4) is 0 Å². The highest BCUT2D eigenvalue weighted by Gasteiger charge is 2.51. The van der Waals surface area contributed by atoms with Crippen molar-refractivity contribution in [2.75, 3.05) is 49.9 Å². The van der Waals surface area contributed by atoms with Crippen LogP contribution in [0.3, 0.4) is 0 Å². The summed E-state index contributed by atoms with van der Waals surface area (Å²) in [5.74, 6) is 0. The summed E-state index contributed by atoms with van der Waals surface area (Å²) in [6.45, 7) is 0.486. The van der Waals surface area contributed by atoms with Crippen molar-refractivity contribution in [2.45, 2.75) is 0 Å². The van der Waals surface area contributed by atoms with Gasteiger partial charge in [-0.2, -0.15) is 0 Å². The van der Waals surface area contributed by atoms with Crippen LogP contribution in [0, 0.1) is 5.41 Å². The van der Waals surface area contributed by atoms with Crippen LogP contribution >= 0.6 is 15.5 Å². The van der Waals surface area contributed by atoms with Gasteiger partial charge in [0.25, 0.3) is 0 Å². The van der Waals surface area contributed by atoms with Crippen LogP contribution in [0.2, 0.25) is 0 Å². The third-order valence-electron chi connectivity index (χ3n) is 5.13. The summed E-state index contributed by atoms with van der Waals surface area (Å²) in [5.41, 5.74) is 0.811. The van der Waals surface area contributed by atoms with Crippen LogP contribution in [0.15, 0.2) is 60.7 Å². The average Bonchev–Trinajstić information content (AvgIpc) is 2.78. The Kier molecular flexibility index (Phi) is 5.60. The lowest BCUT2D eigenvalue weighted by molar-refractivity contribution is -0.0689. The van der Waals surface area contributed by atoms with Crippen LogP contribution in [-0.2, 0) is 27.2 Å². The predicted molar refractivity (Wildman–Crippen MR) is 111 cm³/mol. The number of hydrogen-bond donors (Lipinski definition) is 0. The van der Waals surface area contributed by atoms with Gasteiger partial charge in [-0.15, -0.1) is 0 Å². The fourth-order valence-electron chi connectivity index (χ4n) is 3.12. The summed E-state index contributed by atoms with van der Waals surface area (Å²) >= 11 is 0. The van der Waals surface area contributed by atoms with Gasteiger partial charge in [-0.3, -0.25) is 27.4 Å². The molecule has 0 amide bonds. The topological polar surface area (TPSA) is 77.5 Å². The minimum Gasteiger partial charge on any atom is -0.291 e. The summed E-state index contributed by atoms with van der Waals surface area (Å²) in [6.07, 6.45) is 0. The van der Waals surface area contributed by atoms with Crippen LogP contribution in [0.1, 0.15) is 0 Å². The van der Waals surface area contributed by atoms with E-state index >= 15 is 0 Å². The van der Waals surface area contributed by atoms with E-state index in [0.717, 1.165) is 11.4 Å². The number of hydrogen-bond acceptors (Lipinski definition) is 6. The van der Waals surface area contributed by atoms with Crippen LogP contribution in [0.25, 0.3) is 0 Å². The van der Waals surface area contributed by atoms with Crippen molar-refractivity contribution in [1.82, 2.24) is 0 Å². The largest absolute Gasteiger partial charge is 0.435 e. The second-order valence-electron chi connectivity index (χ2n) is 7.25. The third kappa shape index (κ3) is 4.02. The molecule has 0 unspecified atom stereocenters. The molecule has 10 heteroatoms. The number of nitrogens with zero attached hydrogens (tertiary/aromatic N) is 2. The summed E-state index contributed by atoms with van der Waals surface area (Å²) in [6, 6.07) is 18.5. The van der Waals surface area contributed by atoms with Gasteiger partial charge >= 0.3 is 15.5 Å². The van der Waals surface area contributed by atoms with E-state index < -0.39 is 20.9 Å². The number of anilines is 2. The van der Waals surface area contributed by atoms with Gasteiger partial charge in [0.05, 0.1) is 31.8 Å². The Morgan fingerprint density at radius 2 is 0.966 bits per heavy atom. The van der Waals surface area contributed by atoms with E-state index in [1.165, 1.54) is 9.34 Å². The van der Waals surface area contributed by atoms with E-state index in [0.29, 0.717) is 0 Å². The van der Waals surface area contributed by atoms with Gasteiger partial charge in [0.2, 0.25) is 0 Å². The van der Waals surface area contributed by atoms with Crippen LogP contribution in [0.4, 0.5) is 11.4 Å². The van der Waals surface area contributed by atoms with Crippen molar-refractivity contribution in [2.24, 2.45) is 5.41 Å². The van der Waals surface area contributed by atoms with Gasteiger partial charge in [-0.25, -0.2) is 9.13 Å². The number of benzene rings is 2. The molecule has 0 N–H and O–H groups in total. The SMILES string of the molecule is CN(c1ccccc1)P1(=O)OCC2(CO1)COP(=O)(N(C)c1ccccc1)OC2. The van der Waals surface area contributed by atoms with Crippen molar-refractivity contribution in [1.29, 1.82) is 0 Å². The van der Waals surface area contributed by atoms with Crippen molar-refractivity contribution in [3.05, 3.63) is 60.7 Å². The van der Waals surface area contributed by atoms with Crippen LogP contribution in [0.5, 0.6) is 0 Å². The van der Waals surface area contributed by atoms with Crippen molar-refractivity contribution >= 4 is 26.9 Å². The highest BCUT2D eigenvalue weighted by atomic mass is 31.2. The summed E-state index contributed by atoms with van der Waals surface area (Å²) in [4.78, 5) is 0. The fourth-order valence-corrected chi connectivity index (χ4v) is 6.54. The zero-order chi connectivity index (χ0) is 20.5. The lowest BCUT2D eigenvalue weighted by atomic mass is 9.93. The van der Waals surface area contributed by atoms with E-state index in [2.05, 4.69) is 0 Å². The van der Waals surface area contributed by atoms with E-state index in [9.17, 15) is 9.13 Å². The molecule has 4 rings (SSSR count). The molecule has 156 valence electrons. The molecule has 0 aliphatic carbocycles. The Morgan fingerprint density at radius 1 is 0.655 bits per heavy atom. The maximum absolute atomic E-state index is 13.1. The standard InChI is InChI=1S/C19H24N2O6P2/c1-20(17-9-5-3-6-10-17)28(22)24-13-19(14-25-28)15-26-29(23,27-16-19)21(2)18-11-7-4-8-12-18/h3-12H,13-16H2,1-2H3. The first-order chi connectivity index (χ1) is 13.9. The van der Waals surface area contributed by atoms with E-state index in [1.807, 2.05) is 60.7 Å². The Morgan fingerprint density at radius 3 is 1.28 bits per heavy atom. The highest BCUT2D eigenvalue weighted by Crippen LogP contribution is 2.62. The minimum absolute atomic E-state index is 0.122. The third-order valence-corrected chi connectivity index (χ3v) is 8.88. The zero-order valence-electron chi connectivity index (χ0n) is 16.3. The molecule has 2 saturated heterocycles. The first kappa shape index (κ1) is 20.6. The Bertz CT molecular complexity index is 837. The highest BCUT2D eigenvalue weighted by molar-refractivity contribution is 7.56. The molecule has 0 bridgehead atoms. The quantitative estimate of drug-likeness (QED) is 0.644. The minimum atomic E-state index is -3.48. The monoisotopic (exact) mass is 438 g/mol. The normalized spacial score (nSPS) is 32.1.